The Kier molecular flexibility index (Phi) is 6.39. The summed E-state index contributed by atoms with van der Waals surface area (Å²) in [6.07, 6.45) is 3.03. The molecule has 1 heterocycles. The van der Waals surface area contributed by atoms with E-state index in [9.17, 15) is 20.6 Å². The van der Waals surface area contributed by atoms with Gasteiger partial charge >= 0.3 is 0 Å². The summed E-state index contributed by atoms with van der Waals surface area (Å²) in [4.78, 5) is 12.3. The number of carbonyl (C=O) groups excluding carboxylic acids is 1. The summed E-state index contributed by atoms with van der Waals surface area (Å²) < 4.78 is 5.32. The van der Waals surface area contributed by atoms with Gasteiger partial charge in [0.25, 0.3) is 5.91 Å². The summed E-state index contributed by atoms with van der Waals surface area (Å²) >= 11 is 0. The van der Waals surface area contributed by atoms with Crippen LogP contribution in [0, 0.1) is 56.7 Å². The van der Waals surface area contributed by atoms with Crippen molar-refractivity contribution in [2.45, 2.75) is 19.3 Å². The Morgan fingerprint density at radius 2 is 1.97 bits per heavy atom. The monoisotopic (exact) mass is 417 g/mol. The lowest BCUT2D eigenvalue weighted by atomic mass is 9.54. The predicted molar refractivity (Wildman–Crippen MR) is 112 cm³/mol. The number of nitrogens with one attached hydrogen (secondary N) is 2. The highest BCUT2D eigenvalue weighted by Crippen LogP contribution is 2.52. The quantitative estimate of drug-likeness (QED) is 0.582. The molecule has 0 bridgehead atoms. The van der Waals surface area contributed by atoms with Gasteiger partial charge in [0, 0.05) is 11.8 Å². The third-order valence-electron chi connectivity index (χ3n) is 6.18. The number of nitrogens with two attached hydrogens (primary N) is 1. The molecule has 4 atom stereocenters. The standard InChI is InChI=1S/C23H24N6O2/c1-2-8-29-9-7-17-18(10-24)22(28)23(13-25,14-26)21(19(17)11-29)15-3-5-16(6-4-15)31-12-20(27)30/h3-7,18-19,21,28H,2,8-9,11-12H2,1H3,(H2,27,30)/p+1/t18?,19-,21+/m1/s1. The Bertz CT molecular complexity index is 1010. The highest BCUT2D eigenvalue weighted by molar-refractivity contribution is 6.00. The van der Waals surface area contributed by atoms with Crippen molar-refractivity contribution in [3.8, 4) is 24.0 Å². The predicted octanol–water partition coefficient (Wildman–Crippen LogP) is 0.692. The van der Waals surface area contributed by atoms with E-state index in [1.165, 1.54) is 4.90 Å². The van der Waals surface area contributed by atoms with Crippen molar-refractivity contribution in [3.63, 3.8) is 0 Å². The van der Waals surface area contributed by atoms with E-state index in [0.717, 1.165) is 30.6 Å². The minimum atomic E-state index is -1.73. The van der Waals surface area contributed by atoms with E-state index in [0.29, 0.717) is 12.3 Å². The molecule has 2 unspecified atom stereocenters. The largest absolute Gasteiger partial charge is 0.484 e. The molecule has 1 aromatic rings. The van der Waals surface area contributed by atoms with Crippen LogP contribution in [0.25, 0.3) is 0 Å². The Morgan fingerprint density at radius 1 is 1.29 bits per heavy atom. The molecule has 8 nitrogen and oxygen atoms in total. The van der Waals surface area contributed by atoms with Crippen LogP contribution in [0.15, 0.2) is 35.9 Å². The Morgan fingerprint density at radius 3 is 2.52 bits per heavy atom. The molecule has 1 amide bonds. The average molecular weight is 417 g/mol. The van der Waals surface area contributed by atoms with Crippen LogP contribution in [-0.2, 0) is 4.79 Å². The van der Waals surface area contributed by atoms with Crippen molar-refractivity contribution in [1.82, 2.24) is 0 Å². The van der Waals surface area contributed by atoms with E-state index >= 15 is 0 Å². The van der Waals surface area contributed by atoms with E-state index in [-0.39, 0.29) is 18.2 Å². The molecule has 0 spiro atoms. The van der Waals surface area contributed by atoms with E-state index in [2.05, 4.69) is 25.1 Å². The zero-order valence-corrected chi connectivity index (χ0v) is 17.4. The number of fused-ring (bicyclic) bond motifs is 1. The van der Waals surface area contributed by atoms with Crippen LogP contribution in [0.1, 0.15) is 24.8 Å². The lowest BCUT2D eigenvalue weighted by Crippen LogP contribution is -3.13. The maximum Gasteiger partial charge on any atom is 0.255 e. The molecule has 4 N–H and O–H groups in total. The number of nitriles is 3. The van der Waals surface area contributed by atoms with Crippen LogP contribution in [-0.4, -0.2) is 37.9 Å². The van der Waals surface area contributed by atoms with Gasteiger partial charge in [0.15, 0.2) is 12.0 Å². The van der Waals surface area contributed by atoms with E-state index in [1.54, 1.807) is 24.3 Å². The number of ether oxygens (including phenoxy) is 1. The molecule has 3 rings (SSSR count). The van der Waals surface area contributed by atoms with Crippen molar-refractivity contribution >= 4 is 11.6 Å². The molecule has 0 aromatic heterocycles. The van der Waals surface area contributed by atoms with Gasteiger partial charge in [-0.05, 0) is 35.8 Å². The lowest BCUT2D eigenvalue weighted by molar-refractivity contribution is -0.899. The Balaban J connectivity index is 2.09. The number of rotatable bonds is 6. The maximum atomic E-state index is 11.0. The molecule has 1 aromatic carbocycles. The summed E-state index contributed by atoms with van der Waals surface area (Å²) in [6, 6.07) is 13.2. The van der Waals surface area contributed by atoms with Crippen molar-refractivity contribution in [1.29, 1.82) is 21.2 Å². The first-order valence-electron chi connectivity index (χ1n) is 10.3. The summed E-state index contributed by atoms with van der Waals surface area (Å²) in [5, 5.41) is 38.6. The van der Waals surface area contributed by atoms with Crippen LogP contribution in [0.5, 0.6) is 5.75 Å². The van der Waals surface area contributed by atoms with Gasteiger partial charge in [-0.2, -0.15) is 15.8 Å². The molecular formula is C23H25N6O2+. The van der Waals surface area contributed by atoms with E-state index < -0.39 is 23.2 Å². The number of quaternary nitrogens is 1. The van der Waals surface area contributed by atoms with Crippen molar-refractivity contribution in [2.75, 3.05) is 26.2 Å². The Hall–Kier alpha value is -3.67. The second-order valence-corrected chi connectivity index (χ2v) is 8.03. The normalized spacial score (nSPS) is 26.4. The molecule has 1 fully saturated rings. The second-order valence-electron chi connectivity index (χ2n) is 8.03. The van der Waals surface area contributed by atoms with Crippen LogP contribution >= 0.6 is 0 Å². The van der Waals surface area contributed by atoms with Crippen molar-refractivity contribution < 1.29 is 14.4 Å². The molecule has 1 saturated carbocycles. The highest BCUT2D eigenvalue weighted by atomic mass is 16.5. The summed E-state index contributed by atoms with van der Waals surface area (Å²) in [7, 11) is 0. The molecule has 8 heteroatoms. The summed E-state index contributed by atoms with van der Waals surface area (Å²) in [5.74, 6) is -1.78. The van der Waals surface area contributed by atoms with Crippen molar-refractivity contribution in [2.24, 2.45) is 23.0 Å². The summed E-state index contributed by atoms with van der Waals surface area (Å²) in [5.41, 5.74) is 4.80. The molecule has 2 aliphatic rings. The SMILES string of the molecule is CCC[NH+]1CC=C2C(C#N)C(=N)C(C#N)(C#N)[C@@H](c3ccc(OCC(N)=O)cc3)[C@@H]2C1. The van der Waals surface area contributed by atoms with Crippen LogP contribution in [0.3, 0.4) is 0 Å². The number of hydrogen-bond donors (Lipinski definition) is 3. The first kappa shape index (κ1) is 22.0. The van der Waals surface area contributed by atoms with E-state index in [1.807, 2.05) is 6.08 Å². The number of amides is 1. The molecule has 0 radical (unpaired) electrons. The van der Waals surface area contributed by atoms with E-state index in [4.69, 9.17) is 15.9 Å². The van der Waals surface area contributed by atoms with Gasteiger partial charge in [0.2, 0.25) is 0 Å². The number of hydrogen-bond acceptors (Lipinski definition) is 6. The second kappa shape index (κ2) is 9.00. The Labute approximate surface area is 181 Å². The first-order valence-corrected chi connectivity index (χ1v) is 10.3. The number of carbonyl (C=O) groups is 1. The lowest BCUT2D eigenvalue weighted by Gasteiger charge is -2.46. The van der Waals surface area contributed by atoms with Crippen molar-refractivity contribution in [3.05, 3.63) is 41.5 Å². The average Bonchev–Trinajstić information content (AvgIpc) is 2.78. The van der Waals surface area contributed by atoms with Gasteiger partial charge in [-0.1, -0.05) is 19.1 Å². The fourth-order valence-electron chi connectivity index (χ4n) is 4.82. The highest BCUT2D eigenvalue weighted by Gasteiger charge is 2.58. The van der Waals surface area contributed by atoms with Crippen LogP contribution in [0.2, 0.25) is 0 Å². The van der Waals surface area contributed by atoms with Gasteiger partial charge in [-0.3, -0.25) is 4.79 Å². The molecule has 31 heavy (non-hydrogen) atoms. The van der Waals surface area contributed by atoms with Crippen LogP contribution in [0.4, 0.5) is 0 Å². The maximum absolute atomic E-state index is 11.0. The summed E-state index contributed by atoms with van der Waals surface area (Å²) in [6.45, 7) is 4.28. The smallest absolute Gasteiger partial charge is 0.255 e. The van der Waals surface area contributed by atoms with Gasteiger partial charge < -0.3 is 20.8 Å². The molecule has 1 aliphatic heterocycles. The van der Waals surface area contributed by atoms with Gasteiger partial charge in [0.05, 0.1) is 43.6 Å². The minimum absolute atomic E-state index is 0.152. The fraction of sp³-hybridized carbons (Fsp3) is 0.435. The minimum Gasteiger partial charge on any atom is -0.484 e. The molecular weight excluding hydrogens is 392 g/mol. The first-order chi connectivity index (χ1) is 14.9. The molecule has 0 saturated heterocycles. The fourth-order valence-corrected chi connectivity index (χ4v) is 4.82. The molecule has 158 valence electrons. The van der Waals surface area contributed by atoms with Crippen LogP contribution < -0.4 is 15.4 Å². The zero-order chi connectivity index (χ0) is 22.6. The van der Waals surface area contributed by atoms with Gasteiger partial charge in [-0.25, -0.2) is 0 Å². The van der Waals surface area contributed by atoms with Gasteiger partial charge in [-0.15, -0.1) is 0 Å². The third-order valence-corrected chi connectivity index (χ3v) is 6.18. The topological polar surface area (TPSA) is 152 Å². The number of benzene rings is 1. The number of nitrogens with zero attached hydrogens (tertiary/aromatic N) is 3. The zero-order valence-electron chi connectivity index (χ0n) is 17.4. The number of primary amides is 1. The van der Waals surface area contributed by atoms with Gasteiger partial charge in [0.1, 0.15) is 11.7 Å². The third kappa shape index (κ3) is 3.89. The molecule has 1 aliphatic carbocycles.